The van der Waals surface area contributed by atoms with Crippen molar-refractivity contribution < 1.29 is 14.3 Å². The maximum Gasteiger partial charge on any atom is 0.341 e. The number of hydrogen-bond donors (Lipinski definition) is 1. The first kappa shape index (κ1) is 17.2. The summed E-state index contributed by atoms with van der Waals surface area (Å²) in [7, 11) is 3.59. The van der Waals surface area contributed by atoms with Crippen molar-refractivity contribution in [2.75, 3.05) is 26.7 Å². The van der Waals surface area contributed by atoms with Crippen LogP contribution in [0.15, 0.2) is 6.20 Å². The van der Waals surface area contributed by atoms with Gasteiger partial charge in [0.25, 0.3) is 0 Å². The number of carbonyl (C=O) groups is 2. The smallest absolute Gasteiger partial charge is 0.341 e. The summed E-state index contributed by atoms with van der Waals surface area (Å²) in [4.78, 5) is 25.4. The second kappa shape index (κ2) is 8.41. The third-order valence-electron chi connectivity index (χ3n) is 2.96. The van der Waals surface area contributed by atoms with Crippen LogP contribution in [0.25, 0.3) is 0 Å². The highest BCUT2D eigenvalue weighted by Gasteiger charge is 2.19. The zero-order valence-electron chi connectivity index (χ0n) is 13.2. The summed E-state index contributed by atoms with van der Waals surface area (Å²) in [5.41, 5.74) is 1.18. The quantitative estimate of drug-likeness (QED) is 0.709. The van der Waals surface area contributed by atoms with Crippen molar-refractivity contribution in [1.82, 2.24) is 20.0 Å². The Balaban J connectivity index is 2.67. The van der Waals surface area contributed by atoms with E-state index in [4.69, 9.17) is 4.74 Å². The number of hydrogen-bond acceptors (Lipinski definition) is 5. The van der Waals surface area contributed by atoms with Crippen molar-refractivity contribution in [3.05, 3.63) is 17.5 Å². The molecule has 0 aliphatic heterocycles. The number of amides is 1. The lowest BCUT2D eigenvalue weighted by Crippen LogP contribution is -2.35. The van der Waals surface area contributed by atoms with Gasteiger partial charge in [-0.15, -0.1) is 0 Å². The fourth-order valence-corrected chi connectivity index (χ4v) is 1.91. The normalized spacial score (nSPS) is 10.7. The fourth-order valence-electron chi connectivity index (χ4n) is 1.91. The van der Waals surface area contributed by atoms with Gasteiger partial charge in [-0.25, -0.2) is 4.79 Å². The number of carbonyl (C=O) groups excluding carboxylic acids is 2. The number of esters is 1. The zero-order valence-corrected chi connectivity index (χ0v) is 13.2. The van der Waals surface area contributed by atoms with Crippen molar-refractivity contribution in [3.63, 3.8) is 0 Å². The van der Waals surface area contributed by atoms with Crippen molar-refractivity contribution in [2.24, 2.45) is 7.05 Å². The van der Waals surface area contributed by atoms with E-state index in [1.165, 1.54) is 6.20 Å². The van der Waals surface area contributed by atoms with Crippen LogP contribution in [0.2, 0.25) is 0 Å². The van der Waals surface area contributed by atoms with E-state index in [1.807, 2.05) is 18.9 Å². The van der Waals surface area contributed by atoms with E-state index in [0.717, 1.165) is 12.1 Å². The molecule has 0 saturated carbocycles. The van der Waals surface area contributed by atoms with Gasteiger partial charge in [0.2, 0.25) is 5.91 Å². The van der Waals surface area contributed by atoms with Gasteiger partial charge in [-0.1, -0.05) is 6.92 Å². The van der Waals surface area contributed by atoms with Crippen LogP contribution in [0.1, 0.15) is 36.3 Å². The molecule has 1 rings (SSSR count). The van der Waals surface area contributed by atoms with Crippen LogP contribution >= 0.6 is 0 Å². The van der Waals surface area contributed by atoms with Crippen LogP contribution < -0.4 is 5.32 Å². The number of aryl methyl sites for hydroxylation is 1. The Bertz CT molecular complexity index is 485. The Kier molecular flexibility index (Phi) is 6.87. The predicted molar refractivity (Wildman–Crippen MR) is 78.8 cm³/mol. The highest BCUT2D eigenvalue weighted by Crippen LogP contribution is 2.11. The van der Waals surface area contributed by atoms with Gasteiger partial charge in [0.1, 0.15) is 5.56 Å². The molecular formula is C14H24N4O3. The molecule has 1 aromatic heterocycles. The number of ether oxygens (including phenoxy) is 1. The molecule has 1 amide bonds. The van der Waals surface area contributed by atoms with Crippen LogP contribution in [0.5, 0.6) is 0 Å². The molecule has 0 aromatic carbocycles. The second-order valence-corrected chi connectivity index (χ2v) is 4.87. The molecule has 0 spiro atoms. The van der Waals surface area contributed by atoms with Crippen molar-refractivity contribution >= 4 is 11.9 Å². The van der Waals surface area contributed by atoms with E-state index >= 15 is 0 Å². The fraction of sp³-hybridized carbons (Fsp3) is 0.643. The number of nitrogens with one attached hydrogen (secondary N) is 1. The lowest BCUT2D eigenvalue weighted by molar-refractivity contribution is -0.122. The molecule has 1 N–H and O–H groups in total. The summed E-state index contributed by atoms with van der Waals surface area (Å²) in [6.45, 7) is 5.48. The monoisotopic (exact) mass is 296 g/mol. The van der Waals surface area contributed by atoms with Crippen LogP contribution in [-0.2, 0) is 23.1 Å². The standard InChI is InChI=1S/C14H24N4O3/c1-5-7-15-13(19)10-17(3)9-12-11(8-16-18(12)4)14(20)21-6-2/h8H,5-7,9-10H2,1-4H3,(H,15,19). The van der Waals surface area contributed by atoms with Crippen molar-refractivity contribution in [3.8, 4) is 0 Å². The maximum absolute atomic E-state index is 11.9. The maximum atomic E-state index is 11.9. The van der Waals surface area contributed by atoms with E-state index in [0.29, 0.717) is 25.3 Å². The second-order valence-electron chi connectivity index (χ2n) is 4.87. The number of nitrogens with zero attached hydrogens (tertiary/aromatic N) is 3. The Labute approximate surface area is 125 Å². The highest BCUT2D eigenvalue weighted by molar-refractivity contribution is 5.90. The first-order chi connectivity index (χ1) is 9.99. The molecule has 1 aromatic rings. The van der Waals surface area contributed by atoms with E-state index in [9.17, 15) is 9.59 Å². The Morgan fingerprint density at radius 1 is 1.43 bits per heavy atom. The first-order valence-corrected chi connectivity index (χ1v) is 7.12. The third-order valence-corrected chi connectivity index (χ3v) is 2.96. The lowest BCUT2D eigenvalue weighted by atomic mass is 10.2. The van der Waals surface area contributed by atoms with Gasteiger partial charge in [-0.3, -0.25) is 14.4 Å². The van der Waals surface area contributed by atoms with Crippen molar-refractivity contribution in [1.29, 1.82) is 0 Å². The molecular weight excluding hydrogens is 272 g/mol. The van der Waals surface area contributed by atoms with Crippen LogP contribution in [0, 0.1) is 0 Å². The summed E-state index contributed by atoms with van der Waals surface area (Å²) in [5.74, 6) is -0.413. The number of rotatable bonds is 8. The summed E-state index contributed by atoms with van der Waals surface area (Å²) >= 11 is 0. The highest BCUT2D eigenvalue weighted by atomic mass is 16.5. The minimum atomic E-state index is -0.385. The van der Waals surface area contributed by atoms with Crippen molar-refractivity contribution in [2.45, 2.75) is 26.8 Å². The molecule has 0 bridgehead atoms. The minimum absolute atomic E-state index is 0.0285. The van der Waals surface area contributed by atoms with Gasteiger partial charge in [-0.05, 0) is 20.4 Å². The Morgan fingerprint density at radius 3 is 2.76 bits per heavy atom. The van der Waals surface area contributed by atoms with Gasteiger partial charge in [-0.2, -0.15) is 5.10 Å². The van der Waals surface area contributed by atoms with Gasteiger partial charge >= 0.3 is 5.97 Å². The minimum Gasteiger partial charge on any atom is -0.462 e. The summed E-state index contributed by atoms with van der Waals surface area (Å²) < 4.78 is 6.64. The molecule has 0 saturated heterocycles. The predicted octanol–water partition coefficient (Wildman–Crippen LogP) is 0.555. The molecule has 0 atom stereocenters. The van der Waals surface area contributed by atoms with Gasteiger partial charge in [0, 0.05) is 20.1 Å². The third kappa shape index (κ3) is 5.18. The molecule has 7 heteroatoms. The Hall–Kier alpha value is -1.89. The largest absolute Gasteiger partial charge is 0.462 e. The molecule has 0 radical (unpaired) electrons. The average molecular weight is 296 g/mol. The summed E-state index contributed by atoms with van der Waals surface area (Å²) in [5, 5.41) is 6.91. The van der Waals surface area contributed by atoms with Gasteiger partial charge in [0.05, 0.1) is 25.0 Å². The molecule has 1 heterocycles. The summed E-state index contributed by atoms with van der Waals surface area (Å²) in [6, 6.07) is 0. The van der Waals surface area contributed by atoms with Gasteiger partial charge < -0.3 is 10.1 Å². The molecule has 7 nitrogen and oxygen atoms in total. The first-order valence-electron chi connectivity index (χ1n) is 7.12. The molecule has 21 heavy (non-hydrogen) atoms. The lowest BCUT2D eigenvalue weighted by Gasteiger charge is -2.17. The molecule has 0 unspecified atom stereocenters. The Morgan fingerprint density at radius 2 is 2.14 bits per heavy atom. The van der Waals surface area contributed by atoms with E-state index in [-0.39, 0.29) is 18.4 Å². The number of likely N-dealkylation sites (N-methyl/N-ethyl adjacent to an activating group) is 1. The SMILES string of the molecule is CCCNC(=O)CN(C)Cc1c(C(=O)OCC)cnn1C. The van der Waals surface area contributed by atoms with E-state index in [1.54, 1.807) is 18.7 Å². The molecule has 118 valence electrons. The molecule has 0 aliphatic carbocycles. The number of aromatic nitrogens is 2. The van der Waals surface area contributed by atoms with Crippen LogP contribution in [0.3, 0.4) is 0 Å². The molecule has 0 fully saturated rings. The average Bonchev–Trinajstić information content (AvgIpc) is 2.78. The van der Waals surface area contributed by atoms with E-state index < -0.39 is 0 Å². The molecule has 0 aliphatic rings. The van der Waals surface area contributed by atoms with Crippen LogP contribution in [0.4, 0.5) is 0 Å². The zero-order chi connectivity index (χ0) is 15.8. The van der Waals surface area contributed by atoms with Crippen LogP contribution in [-0.4, -0.2) is 53.3 Å². The topological polar surface area (TPSA) is 76.5 Å². The van der Waals surface area contributed by atoms with E-state index in [2.05, 4.69) is 10.4 Å². The summed E-state index contributed by atoms with van der Waals surface area (Å²) in [6.07, 6.45) is 2.41. The van der Waals surface area contributed by atoms with Gasteiger partial charge in [0.15, 0.2) is 0 Å².